The Morgan fingerprint density at radius 1 is 1.00 bits per heavy atom. The van der Waals surface area contributed by atoms with Crippen molar-refractivity contribution in [3.05, 3.63) is 88.3 Å². The van der Waals surface area contributed by atoms with E-state index >= 15 is 0 Å². The van der Waals surface area contributed by atoms with Gasteiger partial charge in [0.25, 0.3) is 5.91 Å². The molecule has 4 nitrogen and oxygen atoms in total. The molecule has 0 saturated carbocycles. The molecule has 3 aromatic rings. The van der Waals surface area contributed by atoms with Crippen molar-refractivity contribution in [2.24, 2.45) is 0 Å². The van der Waals surface area contributed by atoms with Gasteiger partial charge in [0, 0.05) is 15.9 Å². The van der Waals surface area contributed by atoms with Gasteiger partial charge in [0.2, 0.25) is 0 Å². The van der Waals surface area contributed by atoms with E-state index < -0.39 is 10.8 Å². The average molecular weight is 418 g/mol. The van der Waals surface area contributed by atoms with E-state index in [1.165, 1.54) is 0 Å². The first-order chi connectivity index (χ1) is 12.1. The second-order valence-corrected chi connectivity index (χ2v) is 7.74. The fraction of sp³-hybridized carbons (Fsp3) is 0.105. The highest BCUT2D eigenvalue weighted by Gasteiger charge is 2.13. The van der Waals surface area contributed by atoms with Crippen molar-refractivity contribution >= 4 is 32.6 Å². The number of furan rings is 1. The van der Waals surface area contributed by atoms with Crippen LogP contribution < -0.4 is 5.32 Å². The number of carbonyl (C=O) groups excluding carboxylic acids is 1. The van der Waals surface area contributed by atoms with E-state index in [1.54, 1.807) is 24.3 Å². The first kappa shape index (κ1) is 17.6. The SMILES string of the molecule is O=C(NCc1ccccc1)c1ccc(CS(=O)c2ccc(Br)cc2)o1. The highest BCUT2D eigenvalue weighted by Crippen LogP contribution is 2.17. The summed E-state index contributed by atoms with van der Waals surface area (Å²) in [5.74, 6) is 0.683. The van der Waals surface area contributed by atoms with Crippen LogP contribution in [0.2, 0.25) is 0 Å². The van der Waals surface area contributed by atoms with Gasteiger partial charge in [-0.2, -0.15) is 0 Å². The van der Waals surface area contributed by atoms with Gasteiger partial charge in [-0.05, 0) is 42.0 Å². The second-order valence-electron chi connectivity index (χ2n) is 5.38. The smallest absolute Gasteiger partial charge is 0.287 e. The Hall–Kier alpha value is -2.18. The molecule has 1 N–H and O–H groups in total. The zero-order valence-corrected chi connectivity index (χ0v) is 15.7. The predicted octanol–water partition coefficient (Wildman–Crippen LogP) is 4.28. The predicted molar refractivity (Wildman–Crippen MR) is 101 cm³/mol. The van der Waals surface area contributed by atoms with Crippen molar-refractivity contribution in [2.75, 3.05) is 0 Å². The van der Waals surface area contributed by atoms with Gasteiger partial charge < -0.3 is 9.73 Å². The van der Waals surface area contributed by atoms with Crippen molar-refractivity contribution < 1.29 is 13.4 Å². The first-order valence-corrected chi connectivity index (χ1v) is 9.78. The van der Waals surface area contributed by atoms with Crippen LogP contribution >= 0.6 is 15.9 Å². The van der Waals surface area contributed by atoms with Crippen LogP contribution in [0.3, 0.4) is 0 Å². The largest absolute Gasteiger partial charge is 0.455 e. The summed E-state index contributed by atoms with van der Waals surface area (Å²) < 4.78 is 18.8. The number of carbonyl (C=O) groups is 1. The lowest BCUT2D eigenvalue weighted by Gasteiger charge is -2.03. The van der Waals surface area contributed by atoms with Gasteiger partial charge in [-0.15, -0.1) is 0 Å². The molecule has 0 fully saturated rings. The number of halogens is 1. The summed E-state index contributed by atoms with van der Waals surface area (Å²) in [4.78, 5) is 12.9. The number of rotatable bonds is 6. The zero-order valence-electron chi connectivity index (χ0n) is 13.3. The van der Waals surface area contributed by atoms with Crippen LogP contribution in [0.15, 0.2) is 80.5 Å². The molecule has 0 radical (unpaired) electrons. The molecule has 0 saturated heterocycles. The molecule has 1 unspecified atom stereocenters. The Balaban J connectivity index is 1.59. The molecule has 1 amide bonds. The van der Waals surface area contributed by atoms with Gasteiger partial charge in [-0.1, -0.05) is 46.3 Å². The van der Waals surface area contributed by atoms with Crippen LogP contribution in [0.4, 0.5) is 0 Å². The summed E-state index contributed by atoms with van der Waals surface area (Å²) in [6.45, 7) is 0.431. The van der Waals surface area contributed by atoms with E-state index in [1.807, 2.05) is 42.5 Å². The van der Waals surface area contributed by atoms with E-state index in [4.69, 9.17) is 4.42 Å². The van der Waals surface area contributed by atoms with E-state index in [0.717, 1.165) is 14.9 Å². The molecule has 1 atom stereocenters. The van der Waals surface area contributed by atoms with Crippen molar-refractivity contribution in [2.45, 2.75) is 17.2 Å². The number of amides is 1. The molecule has 2 aromatic carbocycles. The minimum Gasteiger partial charge on any atom is -0.455 e. The maximum atomic E-state index is 12.4. The Morgan fingerprint density at radius 3 is 2.44 bits per heavy atom. The number of hydrogen-bond donors (Lipinski definition) is 1. The van der Waals surface area contributed by atoms with E-state index in [-0.39, 0.29) is 17.4 Å². The van der Waals surface area contributed by atoms with Crippen LogP contribution in [-0.4, -0.2) is 10.1 Å². The Morgan fingerprint density at radius 2 is 1.72 bits per heavy atom. The fourth-order valence-corrected chi connectivity index (χ4v) is 3.53. The molecule has 25 heavy (non-hydrogen) atoms. The first-order valence-electron chi connectivity index (χ1n) is 7.66. The third-order valence-corrected chi connectivity index (χ3v) is 5.40. The normalized spacial score (nSPS) is 11.9. The summed E-state index contributed by atoms with van der Waals surface area (Å²) in [6.07, 6.45) is 0. The van der Waals surface area contributed by atoms with Crippen LogP contribution in [0.25, 0.3) is 0 Å². The van der Waals surface area contributed by atoms with Gasteiger partial charge in [0.05, 0.1) is 16.6 Å². The van der Waals surface area contributed by atoms with E-state index in [9.17, 15) is 9.00 Å². The zero-order chi connectivity index (χ0) is 17.6. The van der Waals surface area contributed by atoms with Crippen molar-refractivity contribution in [1.29, 1.82) is 0 Å². The van der Waals surface area contributed by atoms with Gasteiger partial charge >= 0.3 is 0 Å². The molecular weight excluding hydrogens is 402 g/mol. The molecule has 6 heteroatoms. The van der Waals surface area contributed by atoms with Crippen LogP contribution in [-0.2, 0) is 23.1 Å². The summed E-state index contributed by atoms with van der Waals surface area (Å²) in [6, 6.07) is 20.2. The molecule has 0 aliphatic heterocycles. The van der Waals surface area contributed by atoms with E-state index in [2.05, 4.69) is 21.2 Å². The minimum atomic E-state index is -1.22. The highest BCUT2D eigenvalue weighted by atomic mass is 79.9. The summed E-state index contributed by atoms with van der Waals surface area (Å²) in [7, 11) is -1.22. The highest BCUT2D eigenvalue weighted by molar-refractivity contribution is 9.10. The lowest BCUT2D eigenvalue weighted by Crippen LogP contribution is -2.22. The molecule has 0 bridgehead atoms. The summed E-state index contributed by atoms with van der Waals surface area (Å²) >= 11 is 3.35. The summed E-state index contributed by atoms with van der Waals surface area (Å²) in [5, 5.41) is 2.81. The van der Waals surface area contributed by atoms with Crippen LogP contribution in [0.5, 0.6) is 0 Å². The monoisotopic (exact) mass is 417 g/mol. The van der Waals surface area contributed by atoms with Crippen molar-refractivity contribution in [1.82, 2.24) is 5.32 Å². The number of hydrogen-bond acceptors (Lipinski definition) is 3. The third kappa shape index (κ3) is 4.90. The molecule has 0 spiro atoms. The molecule has 1 aromatic heterocycles. The molecule has 1 heterocycles. The molecule has 3 rings (SSSR count). The van der Waals surface area contributed by atoms with Gasteiger partial charge in [0.15, 0.2) is 5.76 Å². The third-order valence-electron chi connectivity index (χ3n) is 3.53. The van der Waals surface area contributed by atoms with E-state index in [0.29, 0.717) is 12.3 Å². The summed E-state index contributed by atoms with van der Waals surface area (Å²) in [5.41, 5.74) is 1.01. The molecule has 0 aliphatic carbocycles. The maximum absolute atomic E-state index is 12.4. The fourth-order valence-electron chi connectivity index (χ4n) is 2.24. The quantitative estimate of drug-likeness (QED) is 0.650. The maximum Gasteiger partial charge on any atom is 0.287 e. The second kappa shape index (κ2) is 8.27. The van der Waals surface area contributed by atoms with Gasteiger partial charge in [-0.3, -0.25) is 9.00 Å². The number of nitrogens with one attached hydrogen (secondary N) is 1. The molecule has 128 valence electrons. The van der Waals surface area contributed by atoms with Crippen LogP contribution in [0.1, 0.15) is 21.9 Å². The average Bonchev–Trinajstić information content (AvgIpc) is 3.09. The Bertz CT molecular complexity index is 875. The Kier molecular flexibility index (Phi) is 5.83. The lowest BCUT2D eigenvalue weighted by atomic mass is 10.2. The van der Waals surface area contributed by atoms with Crippen molar-refractivity contribution in [3.63, 3.8) is 0 Å². The van der Waals surface area contributed by atoms with Gasteiger partial charge in [-0.25, -0.2) is 0 Å². The topological polar surface area (TPSA) is 59.3 Å². The molecular formula is C19H16BrNO3S. The molecule has 0 aliphatic rings. The Labute approximate surface area is 156 Å². The van der Waals surface area contributed by atoms with Gasteiger partial charge in [0.1, 0.15) is 5.76 Å². The lowest BCUT2D eigenvalue weighted by molar-refractivity contribution is 0.0921. The minimum absolute atomic E-state index is 0.221. The standard InChI is InChI=1S/C19H16BrNO3S/c20-15-6-9-17(10-7-15)25(23)13-16-8-11-18(24-16)19(22)21-12-14-4-2-1-3-5-14/h1-11H,12-13H2,(H,21,22). The van der Waals surface area contributed by atoms with Crippen LogP contribution in [0, 0.1) is 0 Å². The number of benzene rings is 2. The van der Waals surface area contributed by atoms with Crippen molar-refractivity contribution in [3.8, 4) is 0 Å².